The zero-order valence-corrected chi connectivity index (χ0v) is 16.7. The lowest BCUT2D eigenvalue weighted by Gasteiger charge is -2.02. The van der Waals surface area contributed by atoms with Crippen LogP contribution in [0.25, 0.3) is 22.4 Å². The fourth-order valence-corrected chi connectivity index (χ4v) is 4.29. The van der Waals surface area contributed by atoms with E-state index in [1.165, 1.54) is 29.5 Å². The molecule has 0 spiro atoms. The predicted molar refractivity (Wildman–Crippen MR) is 114 cm³/mol. The second kappa shape index (κ2) is 8.35. The van der Waals surface area contributed by atoms with Crippen molar-refractivity contribution in [2.45, 2.75) is 10.1 Å². The van der Waals surface area contributed by atoms with Gasteiger partial charge in [0.25, 0.3) is 11.4 Å². The van der Waals surface area contributed by atoms with Crippen molar-refractivity contribution in [1.82, 2.24) is 15.0 Å². The van der Waals surface area contributed by atoms with Crippen molar-refractivity contribution in [3.8, 4) is 0 Å². The maximum atomic E-state index is 11.5. The van der Waals surface area contributed by atoms with E-state index in [-0.39, 0.29) is 11.4 Å². The summed E-state index contributed by atoms with van der Waals surface area (Å²) in [7, 11) is 0. The Kier molecular flexibility index (Phi) is 5.46. The second-order valence-electron chi connectivity index (χ2n) is 5.91. The van der Waals surface area contributed by atoms with Crippen LogP contribution in [0, 0.1) is 20.2 Å². The van der Waals surface area contributed by atoms with Crippen molar-refractivity contribution in [2.75, 3.05) is 0 Å². The Morgan fingerprint density at radius 3 is 2.50 bits per heavy atom. The maximum absolute atomic E-state index is 11.5. The van der Waals surface area contributed by atoms with Crippen molar-refractivity contribution in [1.29, 1.82) is 0 Å². The lowest BCUT2D eigenvalue weighted by molar-refractivity contribution is -0.387. The molecule has 0 atom stereocenters. The molecular formula is C19H11N5O4S2. The summed E-state index contributed by atoms with van der Waals surface area (Å²) in [5.41, 5.74) is 1.25. The van der Waals surface area contributed by atoms with Crippen molar-refractivity contribution < 1.29 is 9.85 Å². The number of nitro groups is 2. The molecule has 4 rings (SSSR count). The normalized spacial score (nSPS) is 11.2. The molecular weight excluding hydrogens is 426 g/mol. The molecule has 2 aromatic carbocycles. The fraction of sp³-hybridized carbons (Fsp3) is 0. The van der Waals surface area contributed by atoms with Gasteiger partial charge in [-0.1, -0.05) is 12.1 Å². The Bertz CT molecular complexity index is 1290. The Morgan fingerprint density at radius 2 is 1.77 bits per heavy atom. The molecule has 0 N–H and O–H groups in total. The molecule has 0 unspecified atom stereocenters. The summed E-state index contributed by atoms with van der Waals surface area (Å²) in [6.45, 7) is 0. The van der Waals surface area contributed by atoms with Gasteiger partial charge in [-0.05, 0) is 41.6 Å². The number of hydrogen-bond donors (Lipinski definition) is 0. The second-order valence-corrected chi connectivity index (χ2v) is 7.98. The molecule has 0 aliphatic carbocycles. The highest BCUT2D eigenvalue weighted by molar-refractivity contribution is 7.99. The van der Waals surface area contributed by atoms with Gasteiger partial charge in [0.05, 0.1) is 25.0 Å². The molecule has 0 bridgehead atoms. The van der Waals surface area contributed by atoms with Crippen LogP contribution < -0.4 is 0 Å². The topological polar surface area (TPSA) is 125 Å². The molecule has 4 aromatic rings. The summed E-state index contributed by atoms with van der Waals surface area (Å²) >= 11 is 2.43. The first kappa shape index (κ1) is 19.6. The van der Waals surface area contributed by atoms with E-state index >= 15 is 0 Å². The third-order valence-corrected chi connectivity index (χ3v) is 5.88. The molecule has 9 nitrogen and oxygen atoms in total. The lowest BCUT2D eigenvalue weighted by Crippen LogP contribution is -1.93. The standard InChI is InChI=1S/C19H11N5O4S2/c25-23(26)13-4-5-14-17(11-13)29-18(22-14)7-3-12-2-6-16(15(10-12)24(27)28)30-19-20-8-1-9-21-19/h1-11H. The average Bonchev–Trinajstić information content (AvgIpc) is 3.15. The first-order valence-electron chi connectivity index (χ1n) is 8.46. The molecule has 2 heterocycles. The zero-order valence-electron chi connectivity index (χ0n) is 15.0. The van der Waals surface area contributed by atoms with Gasteiger partial charge in [0.2, 0.25) is 0 Å². The maximum Gasteiger partial charge on any atom is 0.283 e. The SMILES string of the molecule is O=[N+]([O-])c1ccc2nc(C=Cc3ccc(Sc4ncccn4)c([N+](=O)[O-])c3)sc2c1. The Hall–Kier alpha value is -3.70. The van der Waals surface area contributed by atoms with Crippen molar-refractivity contribution in [3.63, 3.8) is 0 Å². The van der Waals surface area contributed by atoms with E-state index in [1.54, 1.807) is 48.8 Å². The highest BCUT2D eigenvalue weighted by Crippen LogP contribution is 2.34. The van der Waals surface area contributed by atoms with Crippen LogP contribution in [-0.2, 0) is 0 Å². The number of hydrogen-bond acceptors (Lipinski definition) is 9. The third kappa shape index (κ3) is 4.31. The molecule has 0 aliphatic heterocycles. The van der Waals surface area contributed by atoms with Gasteiger partial charge >= 0.3 is 0 Å². The molecule has 30 heavy (non-hydrogen) atoms. The number of non-ortho nitro benzene ring substituents is 1. The highest BCUT2D eigenvalue weighted by atomic mass is 32.2. The molecule has 0 saturated heterocycles. The van der Waals surface area contributed by atoms with Gasteiger partial charge in [-0.2, -0.15) is 0 Å². The summed E-state index contributed by atoms with van der Waals surface area (Å²) in [6, 6.07) is 11.0. The number of nitrogens with zero attached hydrogens (tertiary/aromatic N) is 5. The van der Waals surface area contributed by atoms with Crippen LogP contribution in [-0.4, -0.2) is 24.8 Å². The van der Waals surface area contributed by atoms with Crippen LogP contribution >= 0.6 is 23.1 Å². The lowest BCUT2D eigenvalue weighted by atomic mass is 10.2. The van der Waals surface area contributed by atoms with Crippen LogP contribution in [0.1, 0.15) is 10.6 Å². The fourth-order valence-electron chi connectivity index (χ4n) is 2.59. The average molecular weight is 437 g/mol. The number of thiazole rings is 1. The van der Waals surface area contributed by atoms with E-state index < -0.39 is 9.85 Å². The molecule has 0 fully saturated rings. The van der Waals surface area contributed by atoms with E-state index in [9.17, 15) is 20.2 Å². The molecule has 2 aromatic heterocycles. The number of benzene rings is 2. The largest absolute Gasteiger partial charge is 0.283 e. The van der Waals surface area contributed by atoms with Crippen LogP contribution in [0.2, 0.25) is 0 Å². The van der Waals surface area contributed by atoms with Crippen LogP contribution in [0.5, 0.6) is 0 Å². The minimum absolute atomic E-state index is 0.00721. The van der Waals surface area contributed by atoms with Gasteiger partial charge in [0.15, 0.2) is 5.16 Å². The van der Waals surface area contributed by atoms with Gasteiger partial charge < -0.3 is 0 Å². The number of fused-ring (bicyclic) bond motifs is 1. The first-order chi connectivity index (χ1) is 14.5. The van der Waals surface area contributed by atoms with E-state index in [2.05, 4.69) is 15.0 Å². The molecule has 148 valence electrons. The monoisotopic (exact) mass is 437 g/mol. The Labute approximate surface area is 177 Å². The van der Waals surface area contributed by atoms with E-state index in [0.29, 0.717) is 30.8 Å². The Balaban J connectivity index is 1.60. The van der Waals surface area contributed by atoms with Crippen LogP contribution in [0.3, 0.4) is 0 Å². The minimum atomic E-state index is -0.451. The summed E-state index contributed by atoms with van der Waals surface area (Å²) in [4.78, 5) is 34.5. The van der Waals surface area contributed by atoms with Gasteiger partial charge in [-0.3, -0.25) is 20.2 Å². The van der Waals surface area contributed by atoms with Gasteiger partial charge in [-0.15, -0.1) is 11.3 Å². The van der Waals surface area contributed by atoms with Crippen molar-refractivity contribution in [3.05, 3.63) is 85.7 Å². The third-order valence-electron chi connectivity index (χ3n) is 3.94. The molecule has 0 saturated carbocycles. The van der Waals surface area contributed by atoms with Gasteiger partial charge in [-0.25, -0.2) is 15.0 Å². The first-order valence-corrected chi connectivity index (χ1v) is 10.1. The number of aromatic nitrogens is 3. The highest BCUT2D eigenvalue weighted by Gasteiger charge is 2.16. The van der Waals surface area contributed by atoms with E-state index in [0.717, 1.165) is 11.8 Å². The van der Waals surface area contributed by atoms with Crippen molar-refractivity contribution >= 4 is 56.8 Å². The smallest absolute Gasteiger partial charge is 0.258 e. The van der Waals surface area contributed by atoms with Crippen molar-refractivity contribution in [2.24, 2.45) is 0 Å². The van der Waals surface area contributed by atoms with E-state index in [1.807, 2.05) is 0 Å². The van der Waals surface area contributed by atoms with Crippen LogP contribution in [0.4, 0.5) is 11.4 Å². The summed E-state index contributed by atoms with van der Waals surface area (Å²) < 4.78 is 0.699. The Morgan fingerprint density at radius 1 is 0.967 bits per heavy atom. The molecule has 0 aliphatic rings. The zero-order chi connectivity index (χ0) is 21.1. The van der Waals surface area contributed by atoms with Gasteiger partial charge in [0, 0.05) is 30.6 Å². The molecule has 0 radical (unpaired) electrons. The van der Waals surface area contributed by atoms with Gasteiger partial charge in [0.1, 0.15) is 5.01 Å². The number of nitro benzene ring substituents is 2. The summed E-state index contributed by atoms with van der Waals surface area (Å²) in [5.74, 6) is 0. The summed E-state index contributed by atoms with van der Waals surface area (Å²) in [5, 5.41) is 23.5. The number of rotatable bonds is 6. The quantitative estimate of drug-likeness (QED) is 0.228. The minimum Gasteiger partial charge on any atom is -0.258 e. The van der Waals surface area contributed by atoms with Crippen LogP contribution in [0.15, 0.2) is 64.9 Å². The van der Waals surface area contributed by atoms with E-state index in [4.69, 9.17) is 0 Å². The summed E-state index contributed by atoms with van der Waals surface area (Å²) in [6.07, 6.45) is 6.59. The molecule has 11 heteroatoms. The molecule has 0 amide bonds. The predicted octanol–water partition coefficient (Wildman–Crippen LogP) is 5.22.